The Hall–Kier alpha value is -0.244. The van der Waals surface area contributed by atoms with E-state index in [4.69, 9.17) is 0 Å². The van der Waals surface area contributed by atoms with Crippen molar-refractivity contribution in [2.45, 2.75) is 25.3 Å². The summed E-state index contributed by atoms with van der Waals surface area (Å²) in [4.78, 5) is 24.1. The molecule has 0 fully saturated rings. The van der Waals surface area contributed by atoms with Crippen molar-refractivity contribution in [3.8, 4) is 0 Å². The molecular weight excluding hydrogens is 301 g/mol. The van der Waals surface area contributed by atoms with E-state index in [2.05, 4.69) is 0 Å². The normalized spacial score (nSPS) is 17.1. The summed E-state index contributed by atoms with van der Waals surface area (Å²) in [5, 5.41) is 13.0. The number of ketones is 1. The number of hydrogen-bond acceptors (Lipinski definition) is 4. The number of nitrogens with zero attached hydrogens (tertiary/aromatic N) is 1. The molecule has 0 radical (unpaired) electrons. The van der Waals surface area contributed by atoms with Crippen LogP contribution in [0, 0.1) is 0 Å². The average molecular weight is 313 g/mol. The molecule has 2 aromatic rings. The predicted molar refractivity (Wildman–Crippen MR) is 69.2 cm³/mol. The van der Waals surface area contributed by atoms with Gasteiger partial charge in [0.1, 0.15) is 0 Å². The van der Waals surface area contributed by atoms with E-state index in [1.54, 1.807) is 18.2 Å². The van der Waals surface area contributed by atoms with Crippen molar-refractivity contribution < 1.29 is 66.1 Å². The van der Waals surface area contributed by atoms with E-state index in [1.165, 1.54) is 11.3 Å². The van der Waals surface area contributed by atoms with E-state index in [9.17, 15) is 14.7 Å². The molecule has 4 nitrogen and oxygen atoms in total. The summed E-state index contributed by atoms with van der Waals surface area (Å²) in [7, 11) is 0. The van der Waals surface area contributed by atoms with E-state index >= 15 is 0 Å². The van der Waals surface area contributed by atoms with Gasteiger partial charge in [-0.25, -0.2) is 0 Å². The van der Waals surface area contributed by atoms with E-state index in [1.807, 2.05) is 16.0 Å². The van der Waals surface area contributed by atoms with Gasteiger partial charge in [-0.1, -0.05) is 6.07 Å². The van der Waals surface area contributed by atoms with Crippen LogP contribution in [0.25, 0.3) is 0 Å². The van der Waals surface area contributed by atoms with Gasteiger partial charge in [0.2, 0.25) is 5.78 Å². The zero-order chi connectivity index (χ0) is 13.4. The van der Waals surface area contributed by atoms with E-state index in [-0.39, 0.29) is 57.2 Å². The van der Waals surface area contributed by atoms with Crippen LogP contribution in [-0.2, 0) is 11.3 Å². The molecule has 0 aliphatic carbocycles. The number of thiophene rings is 1. The quantitative estimate of drug-likeness (QED) is 0.507. The minimum atomic E-state index is -1.06. The van der Waals surface area contributed by atoms with Crippen molar-refractivity contribution in [1.29, 1.82) is 0 Å². The molecule has 2 aromatic heterocycles. The molecule has 0 aromatic carbocycles. The average Bonchev–Trinajstić information content (AvgIpc) is 3.06. The molecule has 0 N–H and O–H groups in total. The van der Waals surface area contributed by atoms with Crippen LogP contribution in [0.15, 0.2) is 29.6 Å². The number of carbonyl (C=O) groups is 2. The second-order valence-corrected chi connectivity index (χ2v) is 5.56. The third-order valence-electron chi connectivity index (χ3n) is 3.51. The van der Waals surface area contributed by atoms with Crippen LogP contribution < -0.4 is 56.5 Å². The van der Waals surface area contributed by atoms with Crippen LogP contribution in [0.5, 0.6) is 0 Å². The number of carboxylic acids is 1. The predicted octanol–water partition coefficient (Wildman–Crippen LogP) is -1.59. The Kier molecular flexibility index (Phi) is 5.39. The van der Waals surface area contributed by atoms with Crippen LogP contribution >= 0.6 is 11.3 Å². The fourth-order valence-electron chi connectivity index (χ4n) is 2.61. The molecule has 1 aliphatic rings. The van der Waals surface area contributed by atoms with Gasteiger partial charge in [0.25, 0.3) is 0 Å². The molecule has 0 spiro atoms. The van der Waals surface area contributed by atoms with Crippen molar-refractivity contribution in [2.24, 2.45) is 0 Å². The number of fused-ring (bicyclic) bond motifs is 1. The summed E-state index contributed by atoms with van der Waals surface area (Å²) in [6, 6.07) is 7.08. The van der Waals surface area contributed by atoms with Gasteiger partial charge in [-0.2, -0.15) is 0 Å². The zero-order valence-electron chi connectivity index (χ0n) is 11.2. The first-order valence-corrected chi connectivity index (χ1v) is 7.05. The van der Waals surface area contributed by atoms with Gasteiger partial charge < -0.3 is 14.5 Å². The number of aliphatic carboxylic acids is 1. The summed E-state index contributed by atoms with van der Waals surface area (Å²) in [5.74, 6) is -1.70. The van der Waals surface area contributed by atoms with E-state index < -0.39 is 11.9 Å². The summed E-state index contributed by atoms with van der Waals surface area (Å²) < 4.78 is 1.83. The number of carbonyl (C=O) groups excluding carboxylic acids is 2. The maximum atomic E-state index is 12.3. The van der Waals surface area contributed by atoms with Crippen LogP contribution in [0.2, 0.25) is 0 Å². The Morgan fingerprint density at radius 2 is 2.10 bits per heavy atom. The maximum Gasteiger partial charge on any atom is 1.00 e. The topological polar surface area (TPSA) is 62.1 Å². The molecule has 20 heavy (non-hydrogen) atoms. The Bertz CT molecular complexity index is 633. The Balaban J connectivity index is 0.00000147. The van der Waals surface area contributed by atoms with Crippen molar-refractivity contribution >= 4 is 23.1 Å². The number of hydrogen-bond donors (Lipinski definition) is 0. The van der Waals surface area contributed by atoms with Gasteiger partial charge in [-0.15, -0.1) is 11.3 Å². The molecule has 1 atom stereocenters. The first-order valence-electron chi connectivity index (χ1n) is 6.17. The molecule has 0 saturated carbocycles. The SMILES string of the molecule is O=C(c1cccs1)c1ccc2n1CCCC2C(=O)[O-].[K+]. The first-order chi connectivity index (χ1) is 9.18. The summed E-state index contributed by atoms with van der Waals surface area (Å²) >= 11 is 1.40. The van der Waals surface area contributed by atoms with Crippen molar-refractivity contribution in [1.82, 2.24) is 4.57 Å². The van der Waals surface area contributed by atoms with Gasteiger partial charge in [0.15, 0.2) is 0 Å². The number of carboxylic acid groups (broad SMARTS) is 1. The molecule has 6 heteroatoms. The Labute approximate surface area is 163 Å². The van der Waals surface area contributed by atoms with E-state index in [0.717, 1.165) is 6.42 Å². The minimum Gasteiger partial charge on any atom is -0.549 e. The van der Waals surface area contributed by atoms with Gasteiger partial charge >= 0.3 is 51.4 Å². The monoisotopic (exact) mass is 313 g/mol. The van der Waals surface area contributed by atoms with E-state index in [0.29, 0.717) is 29.2 Å². The number of rotatable bonds is 3. The van der Waals surface area contributed by atoms with Crippen molar-refractivity contribution in [3.63, 3.8) is 0 Å². The molecule has 0 amide bonds. The maximum absolute atomic E-state index is 12.3. The zero-order valence-corrected chi connectivity index (χ0v) is 15.1. The summed E-state index contributed by atoms with van der Waals surface area (Å²) in [6.45, 7) is 0.693. The largest absolute Gasteiger partial charge is 1.00 e. The minimum absolute atomic E-state index is 0. The standard InChI is InChI=1S/C14H13NO3S.K/c16-13(12-4-2-8-19-12)11-6-5-10-9(14(17)18)3-1-7-15(10)11;/h2,4-6,8-9H,1,3,7H2,(H,17,18);/q;+1/p-1. The molecule has 1 unspecified atom stereocenters. The third-order valence-corrected chi connectivity index (χ3v) is 4.38. The number of aromatic nitrogens is 1. The molecule has 3 heterocycles. The molecule has 3 rings (SSSR count). The molecule has 1 aliphatic heterocycles. The fraction of sp³-hybridized carbons (Fsp3) is 0.286. The van der Waals surface area contributed by atoms with Crippen LogP contribution in [-0.4, -0.2) is 16.3 Å². The van der Waals surface area contributed by atoms with Crippen molar-refractivity contribution in [3.05, 3.63) is 45.9 Å². The molecule has 0 saturated heterocycles. The fourth-order valence-corrected chi connectivity index (χ4v) is 3.28. The molecular formula is C14H12KNO3S. The van der Waals surface area contributed by atoms with Gasteiger partial charge in [-0.05, 0) is 36.4 Å². The first kappa shape index (κ1) is 16.1. The smallest absolute Gasteiger partial charge is 0.549 e. The molecule has 98 valence electrons. The summed E-state index contributed by atoms with van der Waals surface area (Å²) in [6.07, 6.45) is 1.34. The third kappa shape index (κ3) is 2.86. The Morgan fingerprint density at radius 1 is 1.30 bits per heavy atom. The van der Waals surface area contributed by atoms with Crippen LogP contribution in [0.1, 0.15) is 39.8 Å². The Morgan fingerprint density at radius 3 is 2.75 bits per heavy atom. The second-order valence-electron chi connectivity index (χ2n) is 4.62. The van der Waals surface area contributed by atoms with Gasteiger partial charge in [0.05, 0.1) is 16.5 Å². The van der Waals surface area contributed by atoms with Crippen molar-refractivity contribution in [2.75, 3.05) is 0 Å². The van der Waals surface area contributed by atoms with Gasteiger partial charge in [-0.3, -0.25) is 4.79 Å². The van der Waals surface area contributed by atoms with Crippen LogP contribution in [0.3, 0.4) is 0 Å². The molecule has 0 bridgehead atoms. The second kappa shape index (κ2) is 6.68. The van der Waals surface area contributed by atoms with Crippen LogP contribution in [0.4, 0.5) is 0 Å². The summed E-state index contributed by atoms with van der Waals surface area (Å²) in [5.41, 5.74) is 1.26. The van der Waals surface area contributed by atoms with Gasteiger partial charge in [0, 0.05) is 18.2 Å².